The molecule has 6 heteroatoms. The van der Waals surface area contributed by atoms with Crippen LogP contribution in [0.5, 0.6) is 5.75 Å². The van der Waals surface area contributed by atoms with Crippen LogP contribution in [-0.2, 0) is 11.3 Å². The molecule has 6 nitrogen and oxygen atoms in total. The molecule has 0 saturated carbocycles. The number of ether oxygens (including phenoxy) is 2. The smallest absolute Gasteiger partial charge is 0.194 e. The maximum atomic E-state index is 12.7. The molecule has 1 saturated heterocycles. The highest BCUT2D eigenvalue weighted by Crippen LogP contribution is 2.34. The van der Waals surface area contributed by atoms with Crippen molar-refractivity contribution in [2.24, 2.45) is 11.1 Å². The van der Waals surface area contributed by atoms with E-state index in [2.05, 4.69) is 5.10 Å². The van der Waals surface area contributed by atoms with Crippen LogP contribution in [-0.4, -0.2) is 41.9 Å². The largest absolute Gasteiger partial charge is 0.493 e. The van der Waals surface area contributed by atoms with E-state index in [4.69, 9.17) is 15.2 Å². The fraction of sp³-hybridized carbons (Fsp3) is 0.667. The Hall–Kier alpha value is -1.40. The Labute approximate surface area is 106 Å². The lowest BCUT2D eigenvalue weighted by Crippen LogP contribution is -2.45. The molecular weight excluding hydrogens is 234 g/mol. The summed E-state index contributed by atoms with van der Waals surface area (Å²) in [4.78, 5) is 12.7. The lowest BCUT2D eigenvalue weighted by atomic mass is 9.80. The number of hydrogen-bond donors (Lipinski definition) is 1. The first-order chi connectivity index (χ1) is 8.54. The summed E-state index contributed by atoms with van der Waals surface area (Å²) in [5.74, 6) is 0.422. The molecule has 0 bridgehead atoms. The van der Waals surface area contributed by atoms with Crippen molar-refractivity contribution in [3.05, 3.63) is 11.9 Å². The minimum absolute atomic E-state index is 0.0660. The van der Waals surface area contributed by atoms with Crippen LogP contribution in [0.4, 0.5) is 0 Å². The fourth-order valence-electron chi connectivity index (χ4n) is 2.18. The van der Waals surface area contributed by atoms with Gasteiger partial charge in [-0.25, -0.2) is 0 Å². The predicted octanol–water partition coefficient (Wildman–Crippen LogP) is 0.458. The molecule has 1 aromatic rings. The Morgan fingerprint density at radius 1 is 1.78 bits per heavy atom. The minimum atomic E-state index is -0.708. The lowest BCUT2D eigenvalue weighted by Gasteiger charge is -2.25. The Balaban J connectivity index is 2.42. The normalized spacial score (nSPS) is 27.4. The van der Waals surface area contributed by atoms with E-state index in [0.717, 1.165) is 0 Å². The van der Waals surface area contributed by atoms with E-state index in [1.54, 1.807) is 10.9 Å². The number of carbonyl (C=O) groups excluding carboxylic acids is 1. The van der Waals surface area contributed by atoms with Crippen molar-refractivity contribution in [1.82, 2.24) is 9.78 Å². The maximum absolute atomic E-state index is 12.7. The molecule has 18 heavy (non-hydrogen) atoms. The van der Waals surface area contributed by atoms with E-state index in [1.165, 1.54) is 7.11 Å². The first-order valence-electron chi connectivity index (χ1n) is 6.02. The van der Waals surface area contributed by atoms with Crippen molar-refractivity contribution in [2.45, 2.75) is 26.4 Å². The molecule has 0 amide bonds. The minimum Gasteiger partial charge on any atom is -0.493 e. The molecule has 2 N–H and O–H groups in total. The molecule has 0 aliphatic carbocycles. The Morgan fingerprint density at radius 2 is 2.50 bits per heavy atom. The van der Waals surface area contributed by atoms with Crippen LogP contribution in [0.2, 0.25) is 0 Å². The summed E-state index contributed by atoms with van der Waals surface area (Å²) in [5.41, 5.74) is 5.75. The van der Waals surface area contributed by atoms with Crippen molar-refractivity contribution >= 4 is 5.78 Å². The van der Waals surface area contributed by atoms with Crippen molar-refractivity contribution in [3.63, 3.8) is 0 Å². The number of carbonyl (C=O) groups is 1. The molecule has 2 rings (SSSR count). The lowest BCUT2D eigenvalue weighted by molar-refractivity contribution is 0.0752. The number of hydrogen-bond acceptors (Lipinski definition) is 5. The average molecular weight is 253 g/mol. The van der Waals surface area contributed by atoms with Gasteiger partial charge in [0.05, 0.1) is 31.9 Å². The molecule has 1 aromatic heterocycles. The van der Waals surface area contributed by atoms with Gasteiger partial charge in [0, 0.05) is 12.6 Å². The third-order valence-corrected chi connectivity index (χ3v) is 3.58. The molecule has 1 fully saturated rings. The summed E-state index contributed by atoms with van der Waals surface area (Å²) in [6.07, 6.45) is 1.56. The van der Waals surface area contributed by atoms with Gasteiger partial charge in [-0.2, -0.15) is 5.10 Å². The summed E-state index contributed by atoms with van der Waals surface area (Å²) >= 11 is 0. The van der Waals surface area contributed by atoms with Gasteiger partial charge in [0.25, 0.3) is 0 Å². The number of aryl methyl sites for hydroxylation is 1. The zero-order chi connectivity index (χ0) is 13.3. The topological polar surface area (TPSA) is 79.4 Å². The van der Waals surface area contributed by atoms with Crippen molar-refractivity contribution in [3.8, 4) is 5.75 Å². The van der Waals surface area contributed by atoms with Gasteiger partial charge < -0.3 is 15.2 Å². The van der Waals surface area contributed by atoms with Gasteiger partial charge in [0.2, 0.25) is 0 Å². The molecule has 100 valence electrons. The maximum Gasteiger partial charge on any atom is 0.194 e. The third kappa shape index (κ3) is 1.81. The zero-order valence-electron chi connectivity index (χ0n) is 11.0. The molecule has 1 aliphatic rings. The zero-order valence-corrected chi connectivity index (χ0v) is 11.0. The van der Waals surface area contributed by atoms with Gasteiger partial charge in [-0.15, -0.1) is 0 Å². The van der Waals surface area contributed by atoms with Crippen LogP contribution in [0.1, 0.15) is 24.3 Å². The summed E-state index contributed by atoms with van der Waals surface area (Å²) < 4.78 is 12.2. The second-order valence-corrected chi connectivity index (χ2v) is 4.75. The highest BCUT2D eigenvalue weighted by Gasteiger charge is 2.46. The molecule has 2 heterocycles. The summed E-state index contributed by atoms with van der Waals surface area (Å²) in [7, 11) is 1.53. The Bertz CT molecular complexity index is 436. The second-order valence-electron chi connectivity index (χ2n) is 4.75. The third-order valence-electron chi connectivity index (χ3n) is 3.58. The number of Topliss-reactive ketones (excluding diaryl/α,β-unsaturated/α-hetero) is 1. The van der Waals surface area contributed by atoms with Gasteiger partial charge in [0.1, 0.15) is 5.69 Å². The van der Waals surface area contributed by atoms with Crippen molar-refractivity contribution in [2.75, 3.05) is 20.3 Å². The van der Waals surface area contributed by atoms with E-state index < -0.39 is 5.41 Å². The van der Waals surface area contributed by atoms with Crippen LogP contribution in [0, 0.1) is 5.41 Å². The molecule has 0 spiro atoms. The van der Waals surface area contributed by atoms with Crippen LogP contribution in [0.25, 0.3) is 0 Å². The highest BCUT2D eigenvalue weighted by molar-refractivity contribution is 6.02. The molecule has 2 atom stereocenters. The standard InChI is InChI=1S/C12H19N3O3/c1-4-15-10(8(17-3)5-14-15)11(16)12(2)7-18-6-9(12)13/h5,9H,4,6-7,13H2,1-3H3. The van der Waals surface area contributed by atoms with E-state index in [1.807, 2.05) is 13.8 Å². The predicted molar refractivity (Wildman–Crippen MR) is 65.7 cm³/mol. The Morgan fingerprint density at radius 3 is 3.00 bits per heavy atom. The van der Waals surface area contributed by atoms with Crippen LogP contribution in [0.15, 0.2) is 6.20 Å². The molecule has 0 radical (unpaired) electrons. The first kappa shape index (κ1) is 13.0. The number of methoxy groups -OCH3 is 1. The fourth-order valence-corrected chi connectivity index (χ4v) is 2.18. The van der Waals surface area contributed by atoms with E-state index >= 15 is 0 Å². The summed E-state index contributed by atoms with van der Waals surface area (Å²) in [6.45, 7) is 5.11. The first-order valence-corrected chi connectivity index (χ1v) is 6.02. The van der Waals surface area contributed by atoms with Gasteiger partial charge in [0.15, 0.2) is 11.5 Å². The van der Waals surface area contributed by atoms with E-state index in [9.17, 15) is 4.79 Å². The van der Waals surface area contributed by atoms with Crippen molar-refractivity contribution in [1.29, 1.82) is 0 Å². The monoisotopic (exact) mass is 253 g/mol. The quantitative estimate of drug-likeness (QED) is 0.788. The van der Waals surface area contributed by atoms with Crippen LogP contribution >= 0.6 is 0 Å². The van der Waals surface area contributed by atoms with E-state index in [0.29, 0.717) is 31.2 Å². The highest BCUT2D eigenvalue weighted by atomic mass is 16.5. The van der Waals surface area contributed by atoms with Crippen molar-refractivity contribution < 1.29 is 14.3 Å². The number of aromatic nitrogens is 2. The number of nitrogens with two attached hydrogens (primary N) is 1. The molecule has 1 aliphatic heterocycles. The van der Waals surface area contributed by atoms with Crippen LogP contribution in [0.3, 0.4) is 0 Å². The number of rotatable bonds is 4. The number of nitrogens with zero attached hydrogens (tertiary/aromatic N) is 2. The average Bonchev–Trinajstić information content (AvgIpc) is 2.93. The second kappa shape index (κ2) is 4.70. The Kier molecular flexibility index (Phi) is 3.41. The summed E-state index contributed by atoms with van der Waals surface area (Å²) in [5, 5.41) is 4.14. The van der Waals surface area contributed by atoms with Gasteiger partial charge in [-0.05, 0) is 13.8 Å². The molecule has 0 aromatic carbocycles. The van der Waals surface area contributed by atoms with Gasteiger partial charge in [-0.3, -0.25) is 9.48 Å². The van der Waals surface area contributed by atoms with E-state index in [-0.39, 0.29) is 11.8 Å². The summed E-state index contributed by atoms with van der Waals surface area (Å²) in [6, 6.07) is -0.296. The van der Waals surface area contributed by atoms with Crippen LogP contribution < -0.4 is 10.5 Å². The SMILES string of the molecule is CCn1ncc(OC)c1C(=O)C1(C)COCC1N. The van der Waals surface area contributed by atoms with Gasteiger partial charge in [-0.1, -0.05) is 0 Å². The molecular formula is C12H19N3O3. The molecule has 2 unspecified atom stereocenters. The van der Waals surface area contributed by atoms with Gasteiger partial charge >= 0.3 is 0 Å². The number of ketones is 1.